The van der Waals surface area contributed by atoms with E-state index in [0.717, 1.165) is 25.7 Å². The van der Waals surface area contributed by atoms with Crippen molar-refractivity contribution in [3.8, 4) is 0 Å². The van der Waals surface area contributed by atoms with Crippen LogP contribution in [0.5, 0.6) is 0 Å². The number of carbonyl (C=O) groups excluding carboxylic acids is 1. The number of carbonyl (C=O) groups is 2. The summed E-state index contributed by atoms with van der Waals surface area (Å²) < 4.78 is 0. The first-order valence-electron chi connectivity index (χ1n) is 6.70. The number of hydrogen-bond acceptors (Lipinski definition) is 3. The topological polar surface area (TPSA) is 92.4 Å². The molecule has 0 aromatic heterocycles. The molecule has 3 atom stereocenters. The fourth-order valence-electron chi connectivity index (χ4n) is 2.46. The van der Waals surface area contributed by atoms with E-state index < -0.39 is 12.0 Å². The van der Waals surface area contributed by atoms with Gasteiger partial charge in [-0.05, 0) is 25.2 Å². The number of hydrogen-bond donors (Lipinski definition) is 3. The predicted octanol–water partition coefficient (Wildman–Crippen LogP) is 1.12. The van der Waals surface area contributed by atoms with E-state index in [0.29, 0.717) is 6.42 Å². The molecule has 1 fully saturated rings. The van der Waals surface area contributed by atoms with Crippen LogP contribution in [-0.2, 0) is 9.59 Å². The number of amides is 1. The predicted molar refractivity (Wildman–Crippen MR) is 69.0 cm³/mol. The van der Waals surface area contributed by atoms with Gasteiger partial charge in [0.05, 0.1) is 5.92 Å². The summed E-state index contributed by atoms with van der Waals surface area (Å²) in [5.74, 6) is -1.17. The average molecular weight is 256 g/mol. The maximum atomic E-state index is 12.1. The summed E-state index contributed by atoms with van der Waals surface area (Å²) >= 11 is 0. The molecule has 0 aromatic rings. The van der Waals surface area contributed by atoms with Crippen LogP contribution >= 0.6 is 0 Å². The molecular weight excluding hydrogens is 232 g/mol. The van der Waals surface area contributed by atoms with Crippen molar-refractivity contribution in [2.75, 3.05) is 0 Å². The lowest BCUT2D eigenvalue weighted by molar-refractivity contribution is -0.143. The van der Waals surface area contributed by atoms with Gasteiger partial charge in [-0.3, -0.25) is 4.79 Å². The van der Waals surface area contributed by atoms with Crippen LogP contribution in [0.15, 0.2) is 0 Å². The van der Waals surface area contributed by atoms with Crippen LogP contribution in [0.2, 0.25) is 0 Å². The smallest absolute Gasteiger partial charge is 0.326 e. The van der Waals surface area contributed by atoms with Crippen LogP contribution in [0, 0.1) is 11.8 Å². The summed E-state index contributed by atoms with van der Waals surface area (Å²) in [7, 11) is 0. The first-order chi connectivity index (χ1) is 8.41. The maximum Gasteiger partial charge on any atom is 0.326 e. The van der Waals surface area contributed by atoms with E-state index in [4.69, 9.17) is 10.8 Å². The van der Waals surface area contributed by atoms with Crippen molar-refractivity contribution in [2.45, 2.75) is 58.0 Å². The van der Waals surface area contributed by atoms with E-state index in [-0.39, 0.29) is 23.8 Å². The molecule has 1 aliphatic carbocycles. The standard InChI is InChI=1S/C13H24N2O3/c1-8(2)7-11(13(17)18)15-12(16)9-5-3-4-6-10(9)14/h8-11H,3-7,14H2,1-2H3,(H,15,16)(H,17,18). The van der Waals surface area contributed by atoms with Crippen molar-refractivity contribution in [2.24, 2.45) is 17.6 Å². The Bertz CT molecular complexity index is 305. The molecular formula is C13H24N2O3. The molecule has 0 heterocycles. The molecule has 0 aromatic carbocycles. The molecule has 0 aliphatic heterocycles. The number of nitrogens with one attached hydrogen (secondary N) is 1. The summed E-state index contributed by atoms with van der Waals surface area (Å²) in [4.78, 5) is 23.1. The van der Waals surface area contributed by atoms with Gasteiger partial charge >= 0.3 is 5.97 Å². The third-order valence-electron chi connectivity index (χ3n) is 3.48. The molecule has 18 heavy (non-hydrogen) atoms. The van der Waals surface area contributed by atoms with E-state index in [9.17, 15) is 9.59 Å². The van der Waals surface area contributed by atoms with Gasteiger partial charge in [0.1, 0.15) is 6.04 Å². The van der Waals surface area contributed by atoms with Crippen molar-refractivity contribution >= 4 is 11.9 Å². The molecule has 104 valence electrons. The molecule has 0 spiro atoms. The van der Waals surface area contributed by atoms with Gasteiger partial charge in [-0.15, -0.1) is 0 Å². The zero-order valence-electron chi connectivity index (χ0n) is 11.2. The Morgan fingerprint density at radius 3 is 2.44 bits per heavy atom. The summed E-state index contributed by atoms with van der Waals surface area (Å²) in [6.07, 6.45) is 4.11. The highest BCUT2D eigenvalue weighted by atomic mass is 16.4. The second-order valence-corrected chi connectivity index (χ2v) is 5.58. The SMILES string of the molecule is CC(C)CC(NC(=O)C1CCCCC1N)C(=O)O. The normalized spacial score (nSPS) is 25.8. The number of aliphatic carboxylic acids is 1. The Balaban J connectivity index is 2.57. The summed E-state index contributed by atoms with van der Waals surface area (Å²) in [6.45, 7) is 3.88. The van der Waals surface area contributed by atoms with Gasteiger partial charge < -0.3 is 16.2 Å². The first kappa shape index (κ1) is 15.0. The molecule has 3 unspecified atom stereocenters. The van der Waals surface area contributed by atoms with Gasteiger partial charge in [0.15, 0.2) is 0 Å². The van der Waals surface area contributed by atoms with Crippen molar-refractivity contribution in [1.29, 1.82) is 0 Å². The Hall–Kier alpha value is -1.10. The molecule has 4 N–H and O–H groups in total. The molecule has 1 amide bonds. The molecule has 5 nitrogen and oxygen atoms in total. The van der Waals surface area contributed by atoms with Crippen LogP contribution in [-0.4, -0.2) is 29.1 Å². The van der Waals surface area contributed by atoms with Gasteiger partial charge in [0.2, 0.25) is 5.91 Å². The maximum absolute atomic E-state index is 12.1. The second-order valence-electron chi connectivity index (χ2n) is 5.58. The molecule has 1 aliphatic rings. The van der Waals surface area contributed by atoms with Gasteiger partial charge in [0.25, 0.3) is 0 Å². The van der Waals surface area contributed by atoms with Crippen LogP contribution in [0.3, 0.4) is 0 Å². The fraction of sp³-hybridized carbons (Fsp3) is 0.846. The van der Waals surface area contributed by atoms with Crippen molar-refractivity contribution in [3.63, 3.8) is 0 Å². The highest BCUT2D eigenvalue weighted by molar-refractivity contribution is 5.85. The summed E-state index contributed by atoms with van der Waals surface area (Å²) in [5.41, 5.74) is 5.92. The lowest BCUT2D eigenvalue weighted by atomic mass is 9.84. The quantitative estimate of drug-likeness (QED) is 0.687. The zero-order chi connectivity index (χ0) is 13.7. The minimum absolute atomic E-state index is 0.132. The Morgan fingerprint density at radius 2 is 1.94 bits per heavy atom. The van der Waals surface area contributed by atoms with Crippen LogP contribution < -0.4 is 11.1 Å². The van der Waals surface area contributed by atoms with Crippen molar-refractivity contribution < 1.29 is 14.7 Å². The highest BCUT2D eigenvalue weighted by Crippen LogP contribution is 2.23. The molecule has 1 saturated carbocycles. The van der Waals surface area contributed by atoms with Gasteiger partial charge in [0, 0.05) is 6.04 Å². The fourth-order valence-corrected chi connectivity index (χ4v) is 2.46. The van der Waals surface area contributed by atoms with Crippen molar-refractivity contribution in [3.05, 3.63) is 0 Å². The highest BCUT2D eigenvalue weighted by Gasteiger charge is 2.31. The zero-order valence-corrected chi connectivity index (χ0v) is 11.2. The van der Waals surface area contributed by atoms with Gasteiger partial charge in [-0.1, -0.05) is 26.7 Å². The largest absolute Gasteiger partial charge is 0.480 e. The molecule has 1 rings (SSSR count). The third kappa shape index (κ3) is 4.29. The summed E-state index contributed by atoms with van der Waals surface area (Å²) in [5, 5.41) is 11.7. The second kappa shape index (κ2) is 6.73. The van der Waals surface area contributed by atoms with Crippen LogP contribution in [0.25, 0.3) is 0 Å². The van der Waals surface area contributed by atoms with Gasteiger partial charge in [-0.2, -0.15) is 0 Å². The van der Waals surface area contributed by atoms with E-state index >= 15 is 0 Å². The first-order valence-corrected chi connectivity index (χ1v) is 6.70. The third-order valence-corrected chi connectivity index (χ3v) is 3.48. The number of rotatable bonds is 5. The van der Waals surface area contributed by atoms with E-state index in [1.807, 2.05) is 13.8 Å². The van der Waals surface area contributed by atoms with Gasteiger partial charge in [-0.25, -0.2) is 4.79 Å². The molecule has 0 saturated heterocycles. The lowest BCUT2D eigenvalue weighted by Gasteiger charge is -2.29. The minimum Gasteiger partial charge on any atom is -0.480 e. The number of carboxylic acids is 1. The Kier molecular flexibility index (Phi) is 5.59. The van der Waals surface area contributed by atoms with Crippen molar-refractivity contribution in [1.82, 2.24) is 5.32 Å². The minimum atomic E-state index is -0.971. The molecule has 5 heteroatoms. The Morgan fingerprint density at radius 1 is 1.33 bits per heavy atom. The lowest BCUT2D eigenvalue weighted by Crippen LogP contribution is -2.49. The Labute approximate surface area is 108 Å². The average Bonchev–Trinajstić information content (AvgIpc) is 2.27. The summed E-state index contributed by atoms with van der Waals surface area (Å²) in [6, 6.07) is -0.932. The van der Waals surface area contributed by atoms with Crippen LogP contribution in [0.4, 0.5) is 0 Å². The van der Waals surface area contributed by atoms with E-state index in [1.54, 1.807) is 0 Å². The van der Waals surface area contributed by atoms with Crippen LogP contribution in [0.1, 0.15) is 46.0 Å². The molecule has 0 radical (unpaired) electrons. The van der Waals surface area contributed by atoms with E-state index in [2.05, 4.69) is 5.32 Å². The number of carboxylic acid groups (broad SMARTS) is 1. The molecule has 0 bridgehead atoms. The monoisotopic (exact) mass is 256 g/mol. The van der Waals surface area contributed by atoms with E-state index in [1.165, 1.54) is 0 Å². The number of nitrogens with two attached hydrogens (primary N) is 1.